The molecule has 168 valence electrons. The maximum atomic E-state index is 13.4. The lowest BCUT2D eigenvalue weighted by molar-refractivity contribution is -0.132. The topological polar surface area (TPSA) is 70.2 Å². The summed E-state index contributed by atoms with van der Waals surface area (Å²) < 4.78 is 32.0. The Labute approximate surface area is 185 Å². The number of piperazine rings is 1. The van der Waals surface area contributed by atoms with Gasteiger partial charge < -0.3 is 14.5 Å². The van der Waals surface area contributed by atoms with E-state index in [4.69, 9.17) is 4.74 Å². The van der Waals surface area contributed by atoms with Crippen molar-refractivity contribution in [3.8, 4) is 5.75 Å². The Morgan fingerprint density at radius 3 is 2.23 bits per heavy atom. The number of nitrogens with zero attached hydrogens (tertiary/aromatic N) is 3. The van der Waals surface area contributed by atoms with Gasteiger partial charge in [-0.05, 0) is 37.6 Å². The summed E-state index contributed by atoms with van der Waals surface area (Å²) in [7, 11) is -1.98. The summed E-state index contributed by atoms with van der Waals surface area (Å²) in [6.07, 6.45) is 1.55. The number of ether oxygens (including phenoxy) is 1. The number of aryl methyl sites for hydroxylation is 1. The monoisotopic (exact) mass is 445 g/mol. The first-order valence-electron chi connectivity index (χ1n) is 10.5. The van der Waals surface area contributed by atoms with Crippen LogP contribution in [0.2, 0.25) is 0 Å². The van der Waals surface area contributed by atoms with Gasteiger partial charge in [0.15, 0.2) is 0 Å². The first-order valence-corrected chi connectivity index (χ1v) is 12.3. The van der Waals surface area contributed by atoms with Gasteiger partial charge in [-0.2, -0.15) is 0 Å². The quantitative estimate of drug-likeness (QED) is 0.655. The summed E-state index contributed by atoms with van der Waals surface area (Å²) in [5, 5.41) is 0. The zero-order valence-corrected chi connectivity index (χ0v) is 19.4. The number of sulfonamides is 1. The van der Waals surface area contributed by atoms with Crippen molar-refractivity contribution >= 4 is 27.3 Å². The Kier molecular flexibility index (Phi) is 7.10. The average Bonchev–Trinajstić information content (AvgIpc) is 2.77. The third-order valence-corrected chi connectivity index (χ3v) is 6.80. The van der Waals surface area contributed by atoms with E-state index < -0.39 is 16.1 Å². The average molecular weight is 446 g/mol. The van der Waals surface area contributed by atoms with Crippen molar-refractivity contribution in [1.29, 1.82) is 0 Å². The van der Waals surface area contributed by atoms with Gasteiger partial charge in [-0.15, -0.1) is 0 Å². The molecule has 0 aliphatic carbocycles. The van der Waals surface area contributed by atoms with Crippen LogP contribution in [0.3, 0.4) is 0 Å². The second kappa shape index (κ2) is 9.60. The molecule has 0 bridgehead atoms. The third-order valence-electron chi connectivity index (χ3n) is 5.62. The van der Waals surface area contributed by atoms with Crippen molar-refractivity contribution in [3.63, 3.8) is 0 Å². The summed E-state index contributed by atoms with van der Waals surface area (Å²) >= 11 is 0. The van der Waals surface area contributed by atoms with Crippen LogP contribution in [0.15, 0.2) is 48.5 Å². The molecule has 0 saturated carbocycles. The van der Waals surface area contributed by atoms with E-state index in [-0.39, 0.29) is 5.91 Å². The van der Waals surface area contributed by atoms with Gasteiger partial charge in [0.2, 0.25) is 15.9 Å². The van der Waals surface area contributed by atoms with Gasteiger partial charge in [0.1, 0.15) is 11.8 Å². The Balaban J connectivity index is 1.78. The minimum Gasteiger partial charge on any atom is -0.495 e. The number of carbonyl (C=O) groups is 1. The zero-order chi connectivity index (χ0) is 22.6. The van der Waals surface area contributed by atoms with Crippen LogP contribution in [0, 0.1) is 6.92 Å². The van der Waals surface area contributed by atoms with Crippen LogP contribution < -0.4 is 13.9 Å². The van der Waals surface area contributed by atoms with Crippen molar-refractivity contribution in [3.05, 3.63) is 54.1 Å². The molecule has 1 saturated heterocycles. The Morgan fingerprint density at radius 2 is 1.68 bits per heavy atom. The number of para-hydroxylation sites is 2. The molecular weight excluding hydrogens is 414 g/mol. The van der Waals surface area contributed by atoms with Crippen LogP contribution in [0.4, 0.5) is 11.4 Å². The molecule has 1 atom stereocenters. The number of rotatable bonds is 7. The Morgan fingerprint density at radius 1 is 1.06 bits per heavy atom. The molecule has 1 amide bonds. The maximum absolute atomic E-state index is 13.4. The van der Waals surface area contributed by atoms with Crippen LogP contribution >= 0.6 is 0 Å². The smallest absolute Gasteiger partial charge is 0.246 e. The summed E-state index contributed by atoms with van der Waals surface area (Å²) in [5.41, 5.74) is 2.55. The van der Waals surface area contributed by atoms with E-state index in [0.717, 1.165) is 23.3 Å². The van der Waals surface area contributed by atoms with E-state index >= 15 is 0 Å². The third kappa shape index (κ3) is 5.12. The fraction of sp³-hybridized carbons (Fsp3) is 0.435. The van der Waals surface area contributed by atoms with E-state index in [9.17, 15) is 13.2 Å². The lowest BCUT2D eigenvalue weighted by atomic mass is 10.1. The normalized spacial score (nSPS) is 15.5. The van der Waals surface area contributed by atoms with Crippen LogP contribution in [-0.4, -0.2) is 64.8 Å². The van der Waals surface area contributed by atoms with Crippen molar-refractivity contribution in [1.82, 2.24) is 4.90 Å². The van der Waals surface area contributed by atoms with Crippen LogP contribution in [-0.2, 0) is 14.8 Å². The predicted molar refractivity (Wildman–Crippen MR) is 124 cm³/mol. The standard InChI is InChI=1S/C23H31N3O4S/c1-5-20(26(31(4,28)29)19-12-10-18(2)11-13-19)23(27)25-16-14-24(15-17-25)21-8-6-7-9-22(21)30-3/h6-13,20H,5,14-17H2,1-4H3/t20-/m0/s1. The number of benzene rings is 2. The van der Waals surface area contributed by atoms with Crippen molar-refractivity contribution in [2.75, 3.05) is 48.7 Å². The molecule has 0 aromatic heterocycles. The molecule has 2 aromatic rings. The van der Waals surface area contributed by atoms with Crippen LogP contribution in [0.25, 0.3) is 0 Å². The highest BCUT2D eigenvalue weighted by molar-refractivity contribution is 7.92. The molecule has 8 heteroatoms. The van der Waals surface area contributed by atoms with Gasteiger partial charge in [-0.1, -0.05) is 36.8 Å². The van der Waals surface area contributed by atoms with Gasteiger partial charge in [0, 0.05) is 26.2 Å². The van der Waals surface area contributed by atoms with Gasteiger partial charge in [-0.25, -0.2) is 8.42 Å². The number of hydrogen-bond acceptors (Lipinski definition) is 5. The summed E-state index contributed by atoms with van der Waals surface area (Å²) in [6, 6.07) is 14.3. The zero-order valence-electron chi connectivity index (χ0n) is 18.6. The molecule has 0 spiro atoms. The minimum absolute atomic E-state index is 0.159. The van der Waals surface area contributed by atoms with Crippen molar-refractivity contribution in [2.24, 2.45) is 0 Å². The summed E-state index contributed by atoms with van der Waals surface area (Å²) in [6.45, 7) is 6.16. The van der Waals surface area contributed by atoms with E-state index in [0.29, 0.717) is 38.3 Å². The van der Waals surface area contributed by atoms with Gasteiger partial charge >= 0.3 is 0 Å². The van der Waals surface area contributed by atoms with Crippen molar-refractivity contribution in [2.45, 2.75) is 26.3 Å². The first kappa shape index (κ1) is 22.9. The highest BCUT2D eigenvalue weighted by Crippen LogP contribution is 2.29. The van der Waals surface area contributed by atoms with E-state index in [1.54, 1.807) is 24.1 Å². The number of methoxy groups -OCH3 is 1. The molecule has 0 unspecified atom stereocenters. The summed E-state index contributed by atoms with van der Waals surface area (Å²) in [4.78, 5) is 17.4. The van der Waals surface area contributed by atoms with Crippen LogP contribution in [0.1, 0.15) is 18.9 Å². The predicted octanol–water partition coefficient (Wildman–Crippen LogP) is 2.90. The van der Waals surface area contributed by atoms with E-state index in [1.807, 2.05) is 50.2 Å². The Hall–Kier alpha value is -2.74. The number of anilines is 2. The molecule has 2 aromatic carbocycles. The van der Waals surface area contributed by atoms with Gasteiger partial charge in [0.05, 0.1) is 24.7 Å². The molecule has 3 rings (SSSR count). The molecular formula is C23H31N3O4S. The maximum Gasteiger partial charge on any atom is 0.246 e. The highest BCUT2D eigenvalue weighted by Gasteiger charge is 2.35. The molecule has 0 radical (unpaired) electrons. The number of amides is 1. The fourth-order valence-electron chi connectivity index (χ4n) is 4.00. The molecule has 1 aliphatic heterocycles. The SMILES string of the molecule is CC[C@@H](C(=O)N1CCN(c2ccccc2OC)CC1)N(c1ccc(C)cc1)S(C)(=O)=O. The highest BCUT2D eigenvalue weighted by atomic mass is 32.2. The minimum atomic E-state index is -3.63. The molecule has 1 aliphatic rings. The second-order valence-electron chi connectivity index (χ2n) is 7.80. The van der Waals surface area contributed by atoms with Crippen molar-refractivity contribution < 1.29 is 17.9 Å². The van der Waals surface area contributed by atoms with Crippen LogP contribution in [0.5, 0.6) is 5.75 Å². The second-order valence-corrected chi connectivity index (χ2v) is 9.66. The molecule has 1 heterocycles. The first-order chi connectivity index (χ1) is 14.8. The van der Waals surface area contributed by atoms with E-state index in [2.05, 4.69) is 4.90 Å². The summed E-state index contributed by atoms with van der Waals surface area (Å²) in [5.74, 6) is 0.643. The molecule has 1 fully saturated rings. The lowest BCUT2D eigenvalue weighted by Gasteiger charge is -2.39. The van der Waals surface area contributed by atoms with Gasteiger partial charge in [-0.3, -0.25) is 9.10 Å². The molecule has 0 N–H and O–H groups in total. The molecule has 7 nitrogen and oxygen atoms in total. The largest absolute Gasteiger partial charge is 0.495 e. The fourth-order valence-corrected chi connectivity index (χ4v) is 5.21. The Bertz CT molecular complexity index is 1000. The lowest BCUT2D eigenvalue weighted by Crippen LogP contribution is -2.56. The number of hydrogen-bond donors (Lipinski definition) is 0. The number of carbonyl (C=O) groups excluding carboxylic acids is 1. The molecule has 31 heavy (non-hydrogen) atoms. The van der Waals surface area contributed by atoms with E-state index in [1.165, 1.54) is 4.31 Å². The van der Waals surface area contributed by atoms with Gasteiger partial charge in [0.25, 0.3) is 0 Å².